The van der Waals surface area contributed by atoms with Gasteiger partial charge < -0.3 is 0 Å². The maximum Gasteiger partial charge on any atom is 0.142 e. The summed E-state index contributed by atoms with van der Waals surface area (Å²) in [4.78, 5) is 12.4. The molecule has 0 aromatic carbocycles. The van der Waals surface area contributed by atoms with Crippen molar-refractivity contribution in [3.05, 3.63) is 17.5 Å². The third-order valence-corrected chi connectivity index (χ3v) is 4.67. The fourth-order valence-electron chi connectivity index (χ4n) is 3.78. The molecule has 2 saturated carbocycles. The smallest absolute Gasteiger partial charge is 0.142 e. The molecule has 0 bridgehead atoms. The van der Waals surface area contributed by atoms with Crippen LogP contribution < -0.4 is 0 Å². The molecule has 0 radical (unpaired) electrons. The largest absolute Gasteiger partial charge is 0.299 e. The lowest BCUT2D eigenvalue weighted by molar-refractivity contribution is -0.120. The minimum atomic E-state index is 0.382. The second kappa shape index (κ2) is 4.52. The number of rotatable bonds is 4. The Kier molecular flexibility index (Phi) is 3.00. The number of aromatic nitrogens is 2. The van der Waals surface area contributed by atoms with Gasteiger partial charge in [-0.3, -0.25) is 9.48 Å². The van der Waals surface area contributed by atoms with E-state index in [1.54, 1.807) is 0 Å². The third-order valence-electron chi connectivity index (χ3n) is 4.67. The van der Waals surface area contributed by atoms with Crippen LogP contribution in [0.1, 0.15) is 44.0 Å². The summed E-state index contributed by atoms with van der Waals surface area (Å²) in [7, 11) is 0. The Balaban J connectivity index is 1.67. The van der Waals surface area contributed by atoms with Crippen LogP contribution in [0.4, 0.5) is 0 Å². The summed E-state index contributed by atoms with van der Waals surface area (Å²) in [5.74, 6) is 2.30. The van der Waals surface area contributed by atoms with E-state index in [1.807, 2.05) is 11.6 Å². The second-order valence-corrected chi connectivity index (χ2v) is 5.87. The Morgan fingerprint density at radius 1 is 1.39 bits per heavy atom. The molecular weight excluding hydrogens is 224 g/mol. The molecule has 2 aliphatic carbocycles. The molecule has 2 fully saturated rings. The van der Waals surface area contributed by atoms with Gasteiger partial charge >= 0.3 is 0 Å². The van der Waals surface area contributed by atoms with Crippen LogP contribution in [0.5, 0.6) is 0 Å². The standard InChI is InChI=1S/C15H22N2O/c1-3-17-11(8-10(2)16-17)9-14(18)15-12-6-4-5-7-13(12)15/h8,12-13,15H,3-7,9H2,1-2H3. The molecule has 1 aromatic heterocycles. The molecule has 0 saturated heterocycles. The van der Waals surface area contributed by atoms with Crippen LogP contribution in [0.25, 0.3) is 0 Å². The van der Waals surface area contributed by atoms with Crippen LogP contribution in [-0.2, 0) is 17.8 Å². The zero-order valence-electron chi connectivity index (χ0n) is 11.4. The number of Topliss-reactive ketones (excluding diaryl/α,β-unsaturated/α-hetero) is 1. The molecule has 0 spiro atoms. The molecule has 3 heteroatoms. The van der Waals surface area contributed by atoms with Crippen LogP contribution in [0.15, 0.2) is 6.07 Å². The van der Waals surface area contributed by atoms with Crippen LogP contribution in [-0.4, -0.2) is 15.6 Å². The summed E-state index contributed by atoms with van der Waals surface area (Å²) in [5.41, 5.74) is 2.12. The molecule has 3 nitrogen and oxygen atoms in total. The van der Waals surface area contributed by atoms with E-state index in [2.05, 4.69) is 18.1 Å². The molecule has 1 aromatic rings. The second-order valence-electron chi connectivity index (χ2n) is 5.87. The normalized spacial score (nSPS) is 30.0. The lowest BCUT2D eigenvalue weighted by Crippen LogP contribution is -2.12. The lowest BCUT2D eigenvalue weighted by atomic mass is 10.0. The number of carbonyl (C=O) groups excluding carboxylic acids is 1. The van der Waals surface area contributed by atoms with Crippen molar-refractivity contribution in [3.8, 4) is 0 Å². The van der Waals surface area contributed by atoms with Crippen molar-refractivity contribution in [2.75, 3.05) is 0 Å². The number of nitrogens with zero attached hydrogens (tertiary/aromatic N) is 2. The highest BCUT2D eigenvalue weighted by Crippen LogP contribution is 2.56. The fourth-order valence-corrected chi connectivity index (χ4v) is 3.78. The molecular formula is C15H22N2O. The van der Waals surface area contributed by atoms with Crippen LogP contribution in [0.3, 0.4) is 0 Å². The molecule has 98 valence electrons. The number of carbonyl (C=O) groups is 1. The Morgan fingerprint density at radius 2 is 2.06 bits per heavy atom. The summed E-state index contributed by atoms with van der Waals surface area (Å²) in [6.45, 7) is 4.93. The van der Waals surface area contributed by atoms with E-state index in [0.29, 0.717) is 18.1 Å². The first-order valence-corrected chi connectivity index (χ1v) is 7.26. The zero-order chi connectivity index (χ0) is 12.7. The van der Waals surface area contributed by atoms with Crippen LogP contribution >= 0.6 is 0 Å². The molecule has 2 aliphatic rings. The maximum absolute atomic E-state index is 12.4. The Morgan fingerprint density at radius 3 is 2.67 bits per heavy atom. The highest BCUT2D eigenvalue weighted by atomic mass is 16.1. The summed E-state index contributed by atoms with van der Waals surface area (Å²) < 4.78 is 1.97. The van der Waals surface area contributed by atoms with Gasteiger partial charge in [0.15, 0.2) is 0 Å². The third kappa shape index (κ3) is 2.00. The van der Waals surface area contributed by atoms with Crippen molar-refractivity contribution in [1.82, 2.24) is 9.78 Å². The molecule has 2 unspecified atom stereocenters. The molecule has 1 heterocycles. The van der Waals surface area contributed by atoms with E-state index in [1.165, 1.54) is 25.7 Å². The number of hydrogen-bond donors (Lipinski definition) is 0. The minimum absolute atomic E-state index is 0.382. The van der Waals surface area contributed by atoms with Gasteiger partial charge in [0, 0.05) is 24.6 Å². The van der Waals surface area contributed by atoms with Gasteiger partial charge in [0.05, 0.1) is 5.69 Å². The Labute approximate surface area is 109 Å². The van der Waals surface area contributed by atoms with Gasteiger partial charge in [-0.05, 0) is 44.6 Å². The van der Waals surface area contributed by atoms with E-state index >= 15 is 0 Å². The van der Waals surface area contributed by atoms with Gasteiger partial charge in [-0.25, -0.2) is 0 Å². The summed E-state index contributed by atoms with van der Waals surface area (Å²) in [6.07, 6.45) is 5.82. The van der Waals surface area contributed by atoms with E-state index in [-0.39, 0.29) is 0 Å². The van der Waals surface area contributed by atoms with Gasteiger partial charge in [-0.1, -0.05) is 12.8 Å². The van der Waals surface area contributed by atoms with Crippen molar-refractivity contribution in [2.24, 2.45) is 17.8 Å². The first kappa shape index (κ1) is 11.9. The van der Waals surface area contributed by atoms with Crippen LogP contribution in [0, 0.1) is 24.7 Å². The average Bonchev–Trinajstić information content (AvgIpc) is 2.99. The zero-order valence-corrected chi connectivity index (χ0v) is 11.4. The maximum atomic E-state index is 12.4. The monoisotopic (exact) mass is 246 g/mol. The van der Waals surface area contributed by atoms with Gasteiger partial charge in [-0.2, -0.15) is 5.10 Å². The van der Waals surface area contributed by atoms with E-state index in [0.717, 1.165) is 29.8 Å². The molecule has 3 rings (SSSR count). The highest BCUT2D eigenvalue weighted by Gasteiger charge is 2.54. The number of ketones is 1. The van der Waals surface area contributed by atoms with Gasteiger partial charge in [0.25, 0.3) is 0 Å². The van der Waals surface area contributed by atoms with Crippen molar-refractivity contribution in [3.63, 3.8) is 0 Å². The number of hydrogen-bond acceptors (Lipinski definition) is 2. The van der Waals surface area contributed by atoms with Crippen LogP contribution in [0.2, 0.25) is 0 Å². The van der Waals surface area contributed by atoms with Crippen molar-refractivity contribution < 1.29 is 4.79 Å². The quantitative estimate of drug-likeness (QED) is 0.818. The molecule has 0 aliphatic heterocycles. The molecule has 0 amide bonds. The van der Waals surface area contributed by atoms with E-state index < -0.39 is 0 Å². The molecule has 0 N–H and O–H groups in total. The summed E-state index contributed by atoms with van der Waals surface area (Å²) >= 11 is 0. The lowest BCUT2D eigenvalue weighted by Gasteiger charge is -2.04. The Hall–Kier alpha value is -1.12. The van der Waals surface area contributed by atoms with Gasteiger partial charge in [0.1, 0.15) is 5.78 Å². The predicted octanol–water partition coefficient (Wildman–Crippen LogP) is 2.76. The predicted molar refractivity (Wildman–Crippen MR) is 70.3 cm³/mol. The number of aryl methyl sites for hydroxylation is 2. The van der Waals surface area contributed by atoms with E-state index in [4.69, 9.17) is 0 Å². The Bertz CT molecular complexity index is 451. The van der Waals surface area contributed by atoms with Crippen molar-refractivity contribution in [1.29, 1.82) is 0 Å². The fraction of sp³-hybridized carbons (Fsp3) is 0.733. The molecule has 18 heavy (non-hydrogen) atoms. The van der Waals surface area contributed by atoms with Crippen molar-refractivity contribution in [2.45, 2.75) is 52.5 Å². The minimum Gasteiger partial charge on any atom is -0.299 e. The van der Waals surface area contributed by atoms with Gasteiger partial charge in [0.2, 0.25) is 0 Å². The van der Waals surface area contributed by atoms with Gasteiger partial charge in [-0.15, -0.1) is 0 Å². The molecule has 2 atom stereocenters. The first-order chi connectivity index (χ1) is 8.70. The SMILES string of the molecule is CCn1nc(C)cc1CC(=O)C1C2CCCCC21. The number of fused-ring (bicyclic) bond motifs is 1. The first-order valence-electron chi connectivity index (χ1n) is 7.26. The van der Waals surface area contributed by atoms with Crippen molar-refractivity contribution >= 4 is 5.78 Å². The van der Waals surface area contributed by atoms with E-state index in [9.17, 15) is 4.79 Å². The average molecular weight is 246 g/mol. The topological polar surface area (TPSA) is 34.9 Å². The summed E-state index contributed by atoms with van der Waals surface area (Å²) in [5, 5.41) is 4.42. The summed E-state index contributed by atoms with van der Waals surface area (Å²) in [6, 6.07) is 2.06. The highest BCUT2D eigenvalue weighted by molar-refractivity contribution is 5.86.